The van der Waals surface area contributed by atoms with Crippen LogP contribution in [0.1, 0.15) is 19.4 Å². The molecule has 0 saturated carbocycles. The number of ether oxygens (including phenoxy) is 2. The molecule has 0 amide bonds. The topological polar surface area (TPSA) is 108 Å². The molecule has 1 aromatic carbocycles. The molecule has 1 heterocycles. The van der Waals surface area contributed by atoms with Gasteiger partial charge in [-0.3, -0.25) is 10.1 Å². The Hall–Kier alpha value is -2.38. The van der Waals surface area contributed by atoms with Crippen LogP contribution in [0.15, 0.2) is 23.9 Å². The highest BCUT2D eigenvalue weighted by molar-refractivity contribution is 14.1. The summed E-state index contributed by atoms with van der Waals surface area (Å²) in [6.45, 7) is 2.63. The number of alkyl halides is 3. The first-order valence-corrected chi connectivity index (χ1v) is 7.88. The number of hydrogen-bond donors (Lipinski definition) is 1. The van der Waals surface area contributed by atoms with Gasteiger partial charge < -0.3 is 14.8 Å². The van der Waals surface area contributed by atoms with Crippen molar-refractivity contribution in [3.05, 3.63) is 43.2 Å². The van der Waals surface area contributed by atoms with Crippen LogP contribution in [0.25, 0.3) is 0 Å². The van der Waals surface area contributed by atoms with Gasteiger partial charge in [0.15, 0.2) is 5.57 Å². The minimum absolute atomic E-state index is 0.140. The molecule has 8 nitrogen and oxygen atoms in total. The molecule has 26 heavy (non-hydrogen) atoms. The zero-order chi connectivity index (χ0) is 19.9. The fourth-order valence-corrected chi connectivity index (χ4v) is 2.76. The second kappa shape index (κ2) is 6.74. The van der Waals surface area contributed by atoms with Crippen LogP contribution in [0.4, 0.5) is 24.5 Å². The predicted octanol–water partition coefficient (Wildman–Crippen LogP) is 3.35. The Bertz CT molecular complexity index is 813. The van der Waals surface area contributed by atoms with Gasteiger partial charge in [-0.05, 0) is 22.6 Å². The molecule has 0 atom stereocenters. The van der Waals surface area contributed by atoms with Crippen molar-refractivity contribution < 1.29 is 37.2 Å². The van der Waals surface area contributed by atoms with Crippen LogP contribution >= 0.6 is 22.6 Å². The number of carbonyl (C=O) groups excluding carboxylic acids is 2. The number of hydrogen-bond acceptors (Lipinski definition) is 7. The molecular weight excluding hydrogens is 476 g/mol. The molecule has 1 N–H and O–H groups in total. The van der Waals surface area contributed by atoms with Crippen molar-refractivity contribution in [2.24, 2.45) is 0 Å². The Balaban J connectivity index is 2.45. The monoisotopic (exact) mass is 486 g/mol. The Kier molecular flexibility index (Phi) is 5.17. The van der Waals surface area contributed by atoms with E-state index in [1.165, 1.54) is 36.4 Å². The standard InChI is InChI=1S/C14H10F3IN2O6/c1-13(2)25-11(21)7(12(22)26-13)5-19-10-8(14(15,16)17)3-6(20(23)24)4-9(10)18/h3-5,19H,1-2H3. The van der Waals surface area contributed by atoms with Crippen LogP contribution in [0.5, 0.6) is 0 Å². The largest absolute Gasteiger partial charge is 0.419 e. The Morgan fingerprint density at radius 1 is 1.23 bits per heavy atom. The SMILES string of the molecule is CC1(C)OC(=O)C(=CNc2c(I)cc([N+](=O)[O-])cc2C(F)(F)F)C(=O)O1. The summed E-state index contributed by atoms with van der Waals surface area (Å²) in [5, 5.41) is 13.0. The third kappa shape index (κ3) is 4.23. The van der Waals surface area contributed by atoms with Gasteiger partial charge in [0, 0.05) is 35.8 Å². The second-order valence-electron chi connectivity index (χ2n) is 5.49. The van der Waals surface area contributed by atoms with Gasteiger partial charge in [0.2, 0.25) is 0 Å². The highest BCUT2D eigenvalue weighted by Crippen LogP contribution is 2.40. The van der Waals surface area contributed by atoms with Crippen molar-refractivity contribution in [2.45, 2.75) is 25.8 Å². The lowest BCUT2D eigenvalue weighted by Gasteiger charge is -2.29. The maximum atomic E-state index is 13.2. The first kappa shape index (κ1) is 19.9. The van der Waals surface area contributed by atoms with E-state index >= 15 is 0 Å². The molecule has 0 unspecified atom stereocenters. The Morgan fingerprint density at radius 2 is 1.77 bits per heavy atom. The smallest absolute Gasteiger partial charge is 0.418 e. The van der Waals surface area contributed by atoms with Gasteiger partial charge in [0.1, 0.15) is 0 Å². The molecule has 140 valence electrons. The van der Waals surface area contributed by atoms with Gasteiger partial charge in [0.05, 0.1) is 16.2 Å². The van der Waals surface area contributed by atoms with E-state index in [1.807, 2.05) is 0 Å². The lowest BCUT2D eigenvalue weighted by Crippen LogP contribution is -2.42. The van der Waals surface area contributed by atoms with E-state index in [4.69, 9.17) is 9.47 Å². The summed E-state index contributed by atoms with van der Waals surface area (Å²) in [5.74, 6) is -3.65. The van der Waals surface area contributed by atoms with Crippen molar-refractivity contribution in [2.75, 3.05) is 5.32 Å². The summed E-state index contributed by atoms with van der Waals surface area (Å²) >= 11 is 1.47. The van der Waals surface area contributed by atoms with E-state index in [2.05, 4.69) is 5.32 Å². The van der Waals surface area contributed by atoms with Crippen molar-refractivity contribution >= 4 is 45.9 Å². The molecule has 1 aromatic rings. The molecule has 0 radical (unpaired) electrons. The number of esters is 2. The third-order valence-corrected chi connectivity index (χ3v) is 3.92. The number of nitrogens with one attached hydrogen (secondary N) is 1. The fourth-order valence-electron chi connectivity index (χ4n) is 1.99. The lowest BCUT2D eigenvalue weighted by molar-refractivity contribution is -0.385. The number of halogens is 4. The number of nitro groups is 1. The number of benzene rings is 1. The van der Waals surface area contributed by atoms with Crippen molar-refractivity contribution in [1.29, 1.82) is 0 Å². The van der Waals surface area contributed by atoms with Gasteiger partial charge in [-0.25, -0.2) is 9.59 Å². The predicted molar refractivity (Wildman–Crippen MR) is 88.8 cm³/mol. The van der Waals surface area contributed by atoms with Gasteiger partial charge in [-0.1, -0.05) is 0 Å². The summed E-state index contributed by atoms with van der Waals surface area (Å²) in [7, 11) is 0. The van der Waals surface area contributed by atoms with Crippen LogP contribution in [-0.2, 0) is 25.2 Å². The van der Waals surface area contributed by atoms with Crippen LogP contribution in [0, 0.1) is 13.7 Å². The van der Waals surface area contributed by atoms with Crippen molar-refractivity contribution in [1.82, 2.24) is 0 Å². The number of cyclic esters (lactones) is 2. The molecule has 0 bridgehead atoms. The third-order valence-electron chi connectivity index (χ3n) is 3.07. The normalized spacial score (nSPS) is 16.6. The fraction of sp³-hybridized carbons (Fsp3) is 0.286. The first-order valence-electron chi connectivity index (χ1n) is 6.80. The molecule has 0 aliphatic carbocycles. The molecule has 1 saturated heterocycles. The highest BCUT2D eigenvalue weighted by atomic mass is 127. The quantitative estimate of drug-likeness (QED) is 0.174. The number of non-ortho nitro benzene ring substituents is 1. The van der Waals surface area contributed by atoms with Crippen molar-refractivity contribution in [3.63, 3.8) is 0 Å². The number of nitrogens with zero attached hydrogens (tertiary/aromatic N) is 1. The summed E-state index contributed by atoms with van der Waals surface area (Å²) in [5.41, 5.74) is -3.28. The van der Waals surface area contributed by atoms with Crippen molar-refractivity contribution in [3.8, 4) is 0 Å². The number of rotatable bonds is 3. The average molecular weight is 486 g/mol. The summed E-state index contributed by atoms with van der Waals surface area (Å²) in [6.07, 6.45) is -4.21. The van der Waals surface area contributed by atoms with E-state index < -0.39 is 51.3 Å². The maximum Gasteiger partial charge on any atom is 0.418 e. The molecule has 1 aliphatic rings. The second-order valence-corrected chi connectivity index (χ2v) is 6.65. The van der Waals surface area contributed by atoms with E-state index in [-0.39, 0.29) is 3.57 Å². The molecule has 12 heteroatoms. The van der Waals surface area contributed by atoms with E-state index in [0.717, 1.165) is 6.07 Å². The molecule has 2 rings (SSSR count). The maximum absolute atomic E-state index is 13.2. The van der Waals surface area contributed by atoms with Crippen LogP contribution in [0.3, 0.4) is 0 Å². The van der Waals surface area contributed by atoms with Gasteiger partial charge in [-0.2, -0.15) is 13.2 Å². The van der Waals surface area contributed by atoms with Crippen LogP contribution in [-0.4, -0.2) is 22.6 Å². The molecule has 0 spiro atoms. The number of anilines is 1. The number of nitro benzene ring substituents is 1. The minimum atomic E-state index is -4.91. The number of carbonyl (C=O) groups is 2. The molecular formula is C14H10F3IN2O6. The van der Waals surface area contributed by atoms with Crippen LogP contribution in [0.2, 0.25) is 0 Å². The average Bonchev–Trinajstić information content (AvgIpc) is 2.44. The van der Waals surface area contributed by atoms with Gasteiger partial charge in [0.25, 0.3) is 11.5 Å². The Morgan fingerprint density at radius 3 is 2.23 bits per heavy atom. The zero-order valence-electron chi connectivity index (χ0n) is 13.1. The van der Waals surface area contributed by atoms with E-state index in [0.29, 0.717) is 12.3 Å². The first-order chi connectivity index (χ1) is 11.8. The highest BCUT2D eigenvalue weighted by Gasteiger charge is 2.40. The molecule has 1 aliphatic heterocycles. The Labute approximate surface area is 157 Å². The summed E-state index contributed by atoms with van der Waals surface area (Å²) < 4.78 is 49.2. The van der Waals surface area contributed by atoms with E-state index in [1.54, 1.807) is 0 Å². The summed E-state index contributed by atoms with van der Waals surface area (Å²) in [4.78, 5) is 33.4. The lowest BCUT2D eigenvalue weighted by atomic mass is 10.1. The van der Waals surface area contributed by atoms with Gasteiger partial charge >= 0.3 is 18.1 Å². The molecule has 1 fully saturated rings. The molecule has 0 aromatic heterocycles. The zero-order valence-corrected chi connectivity index (χ0v) is 15.3. The summed E-state index contributed by atoms with van der Waals surface area (Å²) in [6, 6.07) is 1.26. The van der Waals surface area contributed by atoms with Gasteiger partial charge in [-0.15, -0.1) is 0 Å². The van der Waals surface area contributed by atoms with E-state index in [9.17, 15) is 32.9 Å². The minimum Gasteiger partial charge on any atom is -0.419 e. The van der Waals surface area contributed by atoms with Crippen LogP contribution < -0.4 is 5.32 Å².